The number of nitrogens with zero attached hydrogens (tertiary/aromatic N) is 4. The number of terminal acetylenes is 2. The molecule has 382 valence electrons. The first-order chi connectivity index (χ1) is 33.6. The van der Waals surface area contributed by atoms with E-state index in [1.807, 2.05) is 56.3 Å². The molecule has 9 nitrogen and oxygen atoms in total. The van der Waals surface area contributed by atoms with Gasteiger partial charge in [0, 0.05) is 41.9 Å². The van der Waals surface area contributed by atoms with E-state index in [1.165, 1.54) is 39.2 Å². The van der Waals surface area contributed by atoms with Crippen molar-refractivity contribution in [3.05, 3.63) is 122 Å². The third-order valence-corrected chi connectivity index (χ3v) is 11.2. The maximum Gasteiger partial charge on any atom is 0.299 e. The third kappa shape index (κ3) is 18.3. The molecule has 70 heavy (non-hydrogen) atoms. The molecule has 3 aliphatic rings. The van der Waals surface area contributed by atoms with Crippen LogP contribution in [0.25, 0.3) is 44.5 Å². The highest BCUT2D eigenvalue weighted by Gasteiger charge is 2.45. The first kappa shape index (κ1) is 63.9. The van der Waals surface area contributed by atoms with Crippen molar-refractivity contribution in [2.45, 2.75) is 119 Å². The van der Waals surface area contributed by atoms with E-state index >= 15 is 8.78 Å². The van der Waals surface area contributed by atoms with Crippen molar-refractivity contribution < 1.29 is 13.6 Å². The highest BCUT2D eigenvalue weighted by molar-refractivity contribution is 5.87. The zero-order valence-electron chi connectivity index (χ0n) is 44.5. The number of hydrogen-bond donors (Lipinski definition) is 4. The molecule has 1 aliphatic heterocycles. The Bertz CT molecular complexity index is 2330. The van der Waals surface area contributed by atoms with Crippen LogP contribution in [-0.2, 0) is 17.3 Å². The highest BCUT2D eigenvalue weighted by atomic mass is 19.3. The molecule has 2 aliphatic carbocycles. The van der Waals surface area contributed by atoms with Gasteiger partial charge in [0.1, 0.15) is 17.9 Å². The molecule has 0 bridgehead atoms. The number of carbonyl (C=O) groups is 1. The average Bonchev–Trinajstić information content (AvgIpc) is 3.73. The van der Waals surface area contributed by atoms with E-state index in [-0.39, 0.29) is 17.2 Å². The summed E-state index contributed by atoms with van der Waals surface area (Å²) in [4.78, 5) is 30.2. The molecule has 5 N–H and O–H groups in total. The Morgan fingerprint density at radius 3 is 1.91 bits per heavy atom. The average molecular weight is 961 g/mol. The van der Waals surface area contributed by atoms with Gasteiger partial charge >= 0.3 is 0 Å². The van der Waals surface area contributed by atoms with Crippen LogP contribution in [-0.4, -0.2) is 76.8 Å². The van der Waals surface area contributed by atoms with Crippen molar-refractivity contribution in [2.24, 2.45) is 17.1 Å². The van der Waals surface area contributed by atoms with Gasteiger partial charge in [-0.05, 0) is 112 Å². The summed E-state index contributed by atoms with van der Waals surface area (Å²) in [7, 11) is 5.76. The predicted molar refractivity (Wildman–Crippen MR) is 297 cm³/mol. The Morgan fingerprint density at radius 2 is 1.43 bits per heavy atom. The summed E-state index contributed by atoms with van der Waals surface area (Å²) in [5.74, 6) is -0.690. The normalized spacial score (nSPS) is 15.6. The molecular weight excluding hydrogens is 875 g/mol. The van der Waals surface area contributed by atoms with E-state index in [0.29, 0.717) is 35.4 Å². The Balaban J connectivity index is 0.00000161. The number of aldehydes is 1. The summed E-state index contributed by atoms with van der Waals surface area (Å²) in [6, 6.07) is 17.1. The second-order valence-corrected chi connectivity index (χ2v) is 17.5. The van der Waals surface area contributed by atoms with Crippen LogP contribution in [0.15, 0.2) is 98.9 Å². The summed E-state index contributed by atoms with van der Waals surface area (Å²) in [5, 5.41) is 2.98. The van der Waals surface area contributed by atoms with Gasteiger partial charge in [0.2, 0.25) is 0 Å². The summed E-state index contributed by atoms with van der Waals surface area (Å²) >= 11 is 0. The van der Waals surface area contributed by atoms with E-state index in [2.05, 4.69) is 143 Å². The van der Waals surface area contributed by atoms with E-state index in [0.717, 1.165) is 83.1 Å². The fourth-order valence-electron chi connectivity index (χ4n) is 7.98. The molecule has 0 amide bonds. The predicted octanol–water partition coefficient (Wildman–Crippen LogP) is 14.0. The Morgan fingerprint density at radius 1 is 0.914 bits per heavy atom. The number of benzene rings is 3. The minimum atomic E-state index is -3.10. The maximum absolute atomic E-state index is 16.1. The van der Waals surface area contributed by atoms with Gasteiger partial charge in [-0.3, -0.25) is 9.80 Å². The smallest absolute Gasteiger partial charge is 0.299 e. The number of likely N-dealkylation sites (tertiary alicyclic amines) is 1. The van der Waals surface area contributed by atoms with Crippen molar-refractivity contribution in [1.29, 1.82) is 0 Å². The van der Waals surface area contributed by atoms with Gasteiger partial charge in [0.05, 0.1) is 35.5 Å². The Hall–Kier alpha value is -6.11. The zero-order valence-corrected chi connectivity index (χ0v) is 44.5. The standard InChI is InChI=1S/C37H40F2N6.C6H11N.C3H6O.2C3H8.C2H4.2C2H2.CH5N/c1-5-22-12-15-45(4)34(22)35-42-30-11-8-24(18-31(30)43-35)23-6-9-26-27-10-7-25(17-29(27)37(38,39)28(26)16-23)32-19-40-33(41-32)20-44(3)21-36(2)13-14-36;1-4-5-7-6(2)3;1-2-3-4;2*1-3-2;4*1-2/h6-11,16-19,22,34H,5,12-15,20-21H2,1-4H3,(H,40,41)(H,42,43);4,7H,1-2,5H2,3H3;3H,2H2,1H3;2*3H2,1-2H3;1-2H2;2*1-2H;2H2,1H3. The van der Waals surface area contributed by atoms with Crippen LogP contribution in [0.4, 0.5) is 8.78 Å². The molecule has 3 heterocycles. The van der Waals surface area contributed by atoms with Gasteiger partial charge < -0.3 is 25.8 Å². The number of aromatic nitrogens is 4. The van der Waals surface area contributed by atoms with Crippen LogP contribution in [0.5, 0.6) is 0 Å². The Labute approximate surface area is 422 Å². The van der Waals surface area contributed by atoms with Crippen LogP contribution < -0.4 is 11.1 Å². The lowest BCUT2D eigenvalue weighted by Crippen LogP contribution is -2.25. The molecule has 11 heteroatoms. The van der Waals surface area contributed by atoms with E-state index in [9.17, 15) is 4.79 Å². The minimum absolute atomic E-state index is 0.0434. The molecule has 8 rings (SSSR count). The summed E-state index contributed by atoms with van der Waals surface area (Å²) < 4.78 is 32.3. The molecular formula is C59H86F2N8O. The zero-order chi connectivity index (χ0) is 53.6. The van der Waals surface area contributed by atoms with Crippen molar-refractivity contribution in [1.82, 2.24) is 35.1 Å². The highest BCUT2D eigenvalue weighted by Crippen LogP contribution is 2.53. The molecule has 1 saturated heterocycles. The minimum Gasteiger partial charge on any atom is -0.386 e. The van der Waals surface area contributed by atoms with E-state index < -0.39 is 5.92 Å². The van der Waals surface area contributed by atoms with Crippen LogP contribution >= 0.6 is 0 Å². The number of carbonyl (C=O) groups excluding carboxylic acids is 1. The number of hydrogen-bond acceptors (Lipinski definition) is 7. The van der Waals surface area contributed by atoms with Crippen molar-refractivity contribution >= 4 is 17.3 Å². The lowest BCUT2D eigenvalue weighted by atomic mass is 9.97. The van der Waals surface area contributed by atoms with Gasteiger partial charge in [-0.2, -0.15) is 8.78 Å². The number of H-pyrrole nitrogens is 2. The number of nitrogens with one attached hydrogen (secondary N) is 3. The summed E-state index contributed by atoms with van der Waals surface area (Å²) in [5.41, 5.74) is 12.2. The SMILES string of the molecule is C#C.C#C.C=C.C=CCNC(=C)C.CCC.CCC.CCC1CCN(C)C1c1nc2ccc(-c3ccc4c(c3)C(F)(F)c3cc(-c5cnc(CN(C)CC6(C)CC6)[nH]5)ccc3-4)cc2[nH]1.CCC=O.CN. The number of fused-ring (bicyclic) bond motifs is 4. The number of halogens is 2. The first-order valence-corrected chi connectivity index (χ1v) is 24.4. The lowest BCUT2D eigenvalue weighted by Gasteiger charge is -2.21. The number of alkyl halides is 2. The quantitative estimate of drug-likeness (QED) is 0.0559. The largest absolute Gasteiger partial charge is 0.386 e. The second-order valence-electron chi connectivity index (χ2n) is 17.5. The van der Waals surface area contributed by atoms with Crippen LogP contribution in [0.1, 0.15) is 129 Å². The number of imidazole rings is 2. The Kier molecular flexibility index (Phi) is 30.5. The van der Waals surface area contributed by atoms with Crippen molar-refractivity contribution in [3.8, 4) is 59.2 Å². The van der Waals surface area contributed by atoms with Gasteiger partial charge in [0.15, 0.2) is 0 Å². The molecule has 0 radical (unpaired) electrons. The monoisotopic (exact) mass is 961 g/mol. The molecule has 3 aromatic carbocycles. The molecule has 0 spiro atoms. The molecule has 1 saturated carbocycles. The van der Waals surface area contributed by atoms with Crippen LogP contribution in [0.2, 0.25) is 0 Å². The van der Waals surface area contributed by atoms with Crippen LogP contribution in [0, 0.1) is 37.0 Å². The molecule has 2 fully saturated rings. The number of nitrogens with two attached hydrogens (primary N) is 1. The van der Waals surface area contributed by atoms with E-state index in [1.54, 1.807) is 24.4 Å². The summed E-state index contributed by atoms with van der Waals surface area (Å²) in [6.45, 7) is 33.6. The number of aromatic amines is 2. The fourth-order valence-corrected chi connectivity index (χ4v) is 7.98. The van der Waals surface area contributed by atoms with Crippen molar-refractivity contribution in [2.75, 3.05) is 40.8 Å². The molecule has 2 aromatic heterocycles. The molecule has 2 unspecified atom stereocenters. The second kappa shape index (κ2) is 33.4. The summed E-state index contributed by atoms with van der Waals surface area (Å²) in [6.07, 6.45) is 28.4. The maximum atomic E-state index is 16.1. The first-order valence-electron chi connectivity index (χ1n) is 24.4. The lowest BCUT2D eigenvalue weighted by molar-refractivity contribution is -0.107. The van der Waals surface area contributed by atoms with Gasteiger partial charge in [-0.15, -0.1) is 45.4 Å². The van der Waals surface area contributed by atoms with Crippen molar-refractivity contribution in [3.63, 3.8) is 0 Å². The van der Waals surface area contributed by atoms with Gasteiger partial charge in [-0.1, -0.05) is 111 Å². The van der Waals surface area contributed by atoms with Gasteiger partial charge in [-0.25, -0.2) is 9.97 Å². The number of rotatable bonds is 12. The molecule has 5 aromatic rings. The number of allylic oxidation sites excluding steroid dienone is 1. The third-order valence-electron chi connectivity index (χ3n) is 11.2. The van der Waals surface area contributed by atoms with Crippen LogP contribution in [0.3, 0.4) is 0 Å². The molecule has 2 atom stereocenters. The topological polar surface area (TPSA) is 119 Å². The van der Waals surface area contributed by atoms with E-state index in [4.69, 9.17) is 4.98 Å². The van der Waals surface area contributed by atoms with Gasteiger partial charge in [0.25, 0.3) is 5.92 Å². The fraction of sp³-hybridized carbons (Fsp3) is 0.441.